The molecule has 2 amide bonds. The molecule has 2 aliphatic rings. The van der Waals surface area contributed by atoms with Crippen molar-refractivity contribution in [3.8, 4) is 5.75 Å². The average Bonchev–Trinajstić information content (AvgIpc) is 2.87. The molecule has 1 fully saturated rings. The van der Waals surface area contributed by atoms with Gasteiger partial charge in [0.1, 0.15) is 29.6 Å². The first-order valence-electron chi connectivity index (χ1n) is 12.0. The van der Waals surface area contributed by atoms with Crippen LogP contribution in [0, 0.1) is 17.5 Å². The number of carbonyl (C=O) groups is 2. The molecule has 0 spiro atoms. The molecule has 192 valence electrons. The highest BCUT2D eigenvalue weighted by molar-refractivity contribution is 5.99. The molecule has 1 aliphatic heterocycles. The monoisotopic (exact) mass is 511 g/mol. The first-order valence-corrected chi connectivity index (χ1v) is 12.0. The molecule has 2 atom stereocenters. The summed E-state index contributed by atoms with van der Waals surface area (Å²) in [6, 6.07) is 9.71. The van der Waals surface area contributed by atoms with E-state index in [9.17, 15) is 27.6 Å². The van der Waals surface area contributed by atoms with Gasteiger partial charge in [-0.1, -0.05) is 43.2 Å². The summed E-state index contributed by atoms with van der Waals surface area (Å²) in [6.07, 6.45) is 4.66. The van der Waals surface area contributed by atoms with Crippen LogP contribution in [0.4, 0.5) is 13.2 Å². The maximum absolute atomic E-state index is 14.1. The lowest BCUT2D eigenvalue weighted by Crippen LogP contribution is -2.50. The molecular formula is C27H24F3N3O4. The Morgan fingerprint density at radius 3 is 2.49 bits per heavy atom. The molecule has 37 heavy (non-hydrogen) atoms. The van der Waals surface area contributed by atoms with E-state index in [4.69, 9.17) is 4.74 Å². The van der Waals surface area contributed by atoms with Crippen molar-refractivity contribution in [3.63, 3.8) is 0 Å². The van der Waals surface area contributed by atoms with Crippen molar-refractivity contribution in [2.75, 3.05) is 0 Å². The van der Waals surface area contributed by atoms with Crippen LogP contribution in [0.25, 0.3) is 0 Å². The van der Waals surface area contributed by atoms with Crippen LogP contribution in [0.2, 0.25) is 0 Å². The molecule has 0 radical (unpaired) electrons. The number of carbonyl (C=O) groups excluding carboxylic acids is 2. The highest BCUT2D eigenvalue weighted by atomic mass is 19.1. The van der Waals surface area contributed by atoms with Crippen LogP contribution in [0.15, 0.2) is 53.5 Å². The van der Waals surface area contributed by atoms with Crippen molar-refractivity contribution >= 4 is 11.8 Å². The summed E-state index contributed by atoms with van der Waals surface area (Å²) in [7, 11) is 0. The van der Waals surface area contributed by atoms with Crippen LogP contribution in [0.3, 0.4) is 0 Å². The molecule has 10 heteroatoms. The fraction of sp³-hybridized carbons (Fsp3) is 0.296. The van der Waals surface area contributed by atoms with E-state index in [1.165, 1.54) is 6.20 Å². The van der Waals surface area contributed by atoms with Crippen LogP contribution < -0.4 is 20.8 Å². The number of halogens is 3. The first kappa shape index (κ1) is 24.6. The zero-order valence-electron chi connectivity index (χ0n) is 19.7. The van der Waals surface area contributed by atoms with E-state index in [-0.39, 0.29) is 35.7 Å². The number of hydrogen-bond donors (Lipinski definition) is 2. The third kappa shape index (κ3) is 4.83. The number of rotatable bonds is 6. The van der Waals surface area contributed by atoms with Crippen molar-refractivity contribution in [2.45, 2.75) is 50.9 Å². The lowest BCUT2D eigenvalue weighted by molar-refractivity contribution is 0.0834. The predicted octanol–water partition coefficient (Wildman–Crippen LogP) is 4.00. The van der Waals surface area contributed by atoms with E-state index in [2.05, 4.69) is 10.6 Å². The molecule has 1 aliphatic carbocycles. The first-order chi connectivity index (χ1) is 17.8. The average molecular weight is 512 g/mol. The number of pyridine rings is 1. The molecule has 7 nitrogen and oxygen atoms in total. The minimum Gasteiger partial charge on any atom is -0.483 e. The van der Waals surface area contributed by atoms with Gasteiger partial charge in [0, 0.05) is 36.5 Å². The number of nitrogens with one attached hydrogen (secondary N) is 2. The molecule has 2 N–H and O–H groups in total. The van der Waals surface area contributed by atoms with Crippen LogP contribution in [-0.4, -0.2) is 22.4 Å². The Hall–Kier alpha value is -4.08. The number of ether oxygens (including phenoxy) is 1. The van der Waals surface area contributed by atoms with Crippen LogP contribution >= 0.6 is 0 Å². The maximum atomic E-state index is 14.1. The molecule has 3 aromatic rings. The van der Waals surface area contributed by atoms with E-state index in [0.717, 1.165) is 31.2 Å². The largest absolute Gasteiger partial charge is 0.483 e. The van der Waals surface area contributed by atoms with Gasteiger partial charge >= 0.3 is 0 Å². The van der Waals surface area contributed by atoms with Gasteiger partial charge in [0.25, 0.3) is 11.8 Å². The third-order valence-electron chi connectivity index (χ3n) is 6.81. The molecule has 0 bridgehead atoms. The number of nitrogens with zero attached hydrogens (tertiary/aromatic N) is 1. The standard InChI is InChI=1S/C27H24F3N3O4/c28-16-10-19(29)17(20(30)11-16)12-31-26(35)18-13-33-22-9-5-4-8-21(22)32-27(36)23(33)25(24(18)34)37-14-15-6-2-1-3-7-15/h1-3,6-7,10-11,13,21-22H,4-5,8-9,12,14H2,(H,31,35)(H,32,36)/t21-,22?/m0/s1. The van der Waals surface area contributed by atoms with Gasteiger partial charge in [0.15, 0.2) is 11.4 Å². The molecule has 1 saturated carbocycles. The highest BCUT2D eigenvalue weighted by Gasteiger charge is 2.38. The summed E-state index contributed by atoms with van der Waals surface area (Å²) in [5, 5.41) is 5.30. The molecule has 2 heterocycles. The Balaban J connectivity index is 1.52. The quantitative estimate of drug-likeness (QED) is 0.524. The summed E-state index contributed by atoms with van der Waals surface area (Å²) in [5.74, 6) is -5.03. The van der Waals surface area contributed by atoms with E-state index in [0.29, 0.717) is 12.1 Å². The SMILES string of the molecule is O=C(NCc1c(F)cc(F)cc1F)c1cn2c(c(OCc3ccccc3)c1=O)C(=O)N[C@H]1CCCCC12. The number of benzene rings is 2. The summed E-state index contributed by atoms with van der Waals surface area (Å²) in [4.78, 5) is 39.6. The van der Waals surface area contributed by atoms with Gasteiger partial charge < -0.3 is 19.9 Å². The van der Waals surface area contributed by atoms with Gasteiger partial charge in [0.2, 0.25) is 5.43 Å². The fourth-order valence-corrected chi connectivity index (χ4v) is 4.97. The molecule has 1 unspecified atom stereocenters. The lowest BCUT2D eigenvalue weighted by atomic mass is 9.87. The van der Waals surface area contributed by atoms with Gasteiger partial charge in [-0.15, -0.1) is 0 Å². The van der Waals surface area contributed by atoms with E-state index < -0.39 is 46.8 Å². The van der Waals surface area contributed by atoms with Gasteiger partial charge in [-0.2, -0.15) is 0 Å². The fourth-order valence-electron chi connectivity index (χ4n) is 4.97. The Morgan fingerprint density at radius 2 is 1.76 bits per heavy atom. The van der Waals surface area contributed by atoms with E-state index in [1.807, 2.05) is 6.07 Å². The van der Waals surface area contributed by atoms with Gasteiger partial charge in [-0.05, 0) is 18.4 Å². The lowest BCUT2D eigenvalue weighted by Gasteiger charge is -2.39. The molecule has 1 aromatic heterocycles. The zero-order chi connectivity index (χ0) is 26.1. The Labute approximate surface area is 210 Å². The van der Waals surface area contributed by atoms with Gasteiger partial charge in [0.05, 0.1) is 6.04 Å². The van der Waals surface area contributed by atoms with E-state index in [1.54, 1.807) is 28.8 Å². The highest BCUT2D eigenvalue weighted by Crippen LogP contribution is 2.35. The number of aromatic nitrogens is 1. The topological polar surface area (TPSA) is 89.4 Å². The van der Waals surface area contributed by atoms with Crippen LogP contribution in [0.5, 0.6) is 5.75 Å². The minimum absolute atomic E-state index is 0.0124. The second-order valence-corrected chi connectivity index (χ2v) is 9.19. The van der Waals surface area contributed by atoms with Gasteiger partial charge in [-0.3, -0.25) is 14.4 Å². The smallest absolute Gasteiger partial charge is 0.272 e. The van der Waals surface area contributed by atoms with Crippen molar-refractivity contribution in [2.24, 2.45) is 0 Å². The van der Waals surface area contributed by atoms with Crippen LogP contribution in [0.1, 0.15) is 63.7 Å². The second kappa shape index (κ2) is 10.1. The summed E-state index contributed by atoms with van der Waals surface area (Å²) < 4.78 is 48.8. The summed E-state index contributed by atoms with van der Waals surface area (Å²) in [6.45, 7) is -0.619. The Morgan fingerprint density at radius 1 is 1.05 bits per heavy atom. The maximum Gasteiger partial charge on any atom is 0.272 e. The van der Waals surface area contributed by atoms with Crippen molar-refractivity contribution in [1.29, 1.82) is 0 Å². The Kier molecular flexibility index (Phi) is 6.73. The molecular weight excluding hydrogens is 487 g/mol. The molecule has 0 saturated heterocycles. The van der Waals surface area contributed by atoms with Crippen molar-refractivity contribution < 1.29 is 27.5 Å². The molecule has 2 aromatic carbocycles. The third-order valence-corrected chi connectivity index (χ3v) is 6.81. The predicted molar refractivity (Wildman–Crippen MR) is 128 cm³/mol. The second-order valence-electron chi connectivity index (χ2n) is 9.19. The summed E-state index contributed by atoms with van der Waals surface area (Å²) >= 11 is 0. The minimum atomic E-state index is -1.16. The number of fused-ring (bicyclic) bond motifs is 3. The number of hydrogen-bond acceptors (Lipinski definition) is 4. The van der Waals surface area contributed by atoms with Gasteiger partial charge in [-0.25, -0.2) is 13.2 Å². The summed E-state index contributed by atoms with van der Waals surface area (Å²) in [5.41, 5.74) is -0.890. The zero-order valence-corrected chi connectivity index (χ0v) is 19.7. The van der Waals surface area contributed by atoms with E-state index >= 15 is 0 Å². The van der Waals surface area contributed by atoms with Crippen molar-refractivity contribution in [1.82, 2.24) is 15.2 Å². The van der Waals surface area contributed by atoms with Crippen molar-refractivity contribution in [3.05, 3.63) is 98.7 Å². The number of amides is 2. The Bertz CT molecular complexity index is 1400. The molecule has 5 rings (SSSR count). The van der Waals surface area contributed by atoms with Crippen LogP contribution in [-0.2, 0) is 13.2 Å². The normalized spacial score (nSPS) is 18.4.